The number of amides is 1. The van der Waals surface area contributed by atoms with Crippen molar-refractivity contribution in [2.45, 2.75) is 13.8 Å². The molecule has 2 aromatic rings. The first-order valence-corrected chi connectivity index (χ1v) is 7.78. The van der Waals surface area contributed by atoms with E-state index in [1.807, 2.05) is 13.8 Å². The van der Waals surface area contributed by atoms with Crippen molar-refractivity contribution in [3.05, 3.63) is 35.5 Å². The lowest BCUT2D eigenvalue weighted by Gasteiger charge is -2.14. The molecule has 6 nitrogen and oxygen atoms in total. The van der Waals surface area contributed by atoms with Gasteiger partial charge in [0.15, 0.2) is 0 Å². The number of ether oxygens (including phenoxy) is 2. The molecule has 0 saturated heterocycles. The molecule has 0 bridgehead atoms. The van der Waals surface area contributed by atoms with Crippen LogP contribution in [0, 0.1) is 5.92 Å². The maximum atomic E-state index is 11.7. The van der Waals surface area contributed by atoms with Gasteiger partial charge in [0.1, 0.15) is 17.3 Å². The molecule has 24 heavy (non-hydrogen) atoms. The number of rotatable bonds is 6. The summed E-state index contributed by atoms with van der Waals surface area (Å²) in [5.41, 5.74) is 1.31. The number of methoxy groups -OCH3 is 2. The van der Waals surface area contributed by atoms with Crippen LogP contribution in [-0.2, 0) is 4.79 Å². The maximum absolute atomic E-state index is 11.7. The first-order chi connectivity index (χ1) is 11.4. The molecule has 2 rings (SSSR count). The average molecular weight is 350 g/mol. The minimum absolute atomic E-state index is 0.0541. The molecule has 7 heteroatoms. The number of anilines is 3. The summed E-state index contributed by atoms with van der Waals surface area (Å²) in [6, 6.07) is 6.93. The van der Waals surface area contributed by atoms with E-state index in [-0.39, 0.29) is 11.8 Å². The minimum Gasteiger partial charge on any atom is -0.495 e. The third-order valence-corrected chi connectivity index (χ3v) is 3.59. The summed E-state index contributed by atoms with van der Waals surface area (Å²) in [5, 5.41) is 6.39. The van der Waals surface area contributed by atoms with Crippen LogP contribution in [0.5, 0.6) is 11.5 Å². The summed E-state index contributed by atoms with van der Waals surface area (Å²) in [6.45, 7) is 3.66. The van der Waals surface area contributed by atoms with Crippen molar-refractivity contribution in [1.29, 1.82) is 0 Å². The Kier molecular flexibility index (Phi) is 5.87. The van der Waals surface area contributed by atoms with Gasteiger partial charge in [0, 0.05) is 18.1 Å². The molecule has 0 unspecified atom stereocenters. The Morgan fingerprint density at radius 1 is 1.17 bits per heavy atom. The molecule has 0 atom stereocenters. The summed E-state index contributed by atoms with van der Waals surface area (Å²) < 4.78 is 10.5. The largest absolute Gasteiger partial charge is 0.495 e. The van der Waals surface area contributed by atoms with Crippen molar-refractivity contribution in [3.63, 3.8) is 0 Å². The molecule has 1 aromatic carbocycles. The number of hydrogen-bond acceptors (Lipinski definition) is 5. The number of carbonyl (C=O) groups excluding carboxylic acids is 1. The number of pyridine rings is 1. The highest BCUT2D eigenvalue weighted by Gasteiger charge is 2.11. The van der Waals surface area contributed by atoms with Gasteiger partial charge >= 0.3 is 0 Å². The highest BCUT2D eigenvalue weighted by Crippen LogP contribution is 2.37. The summed E-state index contributed by atoms with van der Waals surface area (Å²) in [5.74, 6) is 1.55. The molecule has 1 heterocycles. The normalized spacial score (nSPS) is 10.4. The van der Waals surface area contributed by atoms with Gasteiger partial charge in [-0.15, -0.1) is 0 Å². The van der Waals surface area contributed by atoms with Crippen LogP contribution >= 0.6 is 11.6 Å². The number of carbonyl (C=O) groups is 1. The second kappa shape index (κ2) is 7.88. The topological polar surface area (TPSA) is 72.5 Å². The summed E-state index contributed by atoms with van der Waals surface area (Å²) >= 11 is 6.09. The van der Waals surface area contributed by atoms with Crippen molar-refractivity contribution in [2.75, 3.05) is 24.9 Å². The number of nitrogens with zero attached hydrogens (tertiary/aromatic N) is 1. The van der Waals surface area contributed by atoms with Gasteiger partial charge in [0.2, 0.25) is 5.91 Å². The van der Waals surface area contributed by atoms with Crippen LogP contribution in [0.15, 0.2) is 30.5 Å². The second-order valence-electron chi connectivity index (χ2n) is 5.39. The molecule has 0 aliphatic carbocycles. The zero-order chi connectivity index (χ0) is 17.7. The van der Waals surface area contributed by atoms with Crippen molar-refractivity contribution in [3.8, 4) is 11.5 Å². The quantitative estimate of drug-likeness (QED) is 0.821. The average Bonchev–Trinajstić information content (AvgIpc) is 2.57. The van der Waals surface area contributed by atoms with E-state index in [4.69, 9.17) is 21.1 Å². The molecular weight excluding hydrogens is 330 g/mol. The molecule has 2 N–H and O–H groups in total. The Labute approximate surface area is 146 Å². The Balaban J connectivity index is 2.18. The van der Waals surface area contributed by atoms with E-state index in [1.54, 1.807) is 44.7 Å². The SMILES string of the molecule is COc1cc(Nc2ccc(NC(=O)C(C)C)cn2)c(OC)cc1Cl. The third kappa shape index (κ3) is 4.29. The van der Waals surface area contributed by atoms with Crippen LogP contribution in [0.3, 0.4) is 0 Å². The van der Waals surface area contributed by atoms with Crippen molar-refractivity contribution in [2.24, 2.45) is 5.92 Å². The highest BCUT2D eigenvalue weighted by molar-refractivity contribution is 6.32. The van der Waals surface area contributed by atoms with Crippen molar-refractivity contribution < 1.29 is 14.3 Å². The summed E-state index contributed by atoms with van der Waals surface area (Å²) in [4.78, 5) is 16.0. The lowest BCUT2D eigenvalue weighted by Crippen LogP contribution is -2.17. The molecule has 0 aliphatic rings. The smallest absolute Gasteiger partial charge is 0.226 e. The number of hydrogen-bond donors (Lipinski definition) is 2. The van der Waals surface area contributed by atoms with Gasteiger partial charge in [-0.1, -0.05) is 25.4 Å². The van der Waals surface area contributed by atoms with Gasteiger partial charge in [-0.2, -0.15) is 0 Å². The molecular formula is C17H20ClN3O3. The van der Waals surface area contributed by atoms with Gasteiger partial charge in [-0.3, -0.25) is 4.79 Å². The number of nitrogens with one attached hydrogen (secondary N) is 2. The first kappa shape index (κ1) is 17.9. The first-order valence-electron chi connectivity index (χ1n) is 7.40. The molecule has 0 aliphatic heterocycles. The van der Waals surface area contributed by atoms with Gasteiger partial charge in [0.25, 0.3) is 0 Å². The summed E-state index contributed by atoms with van der Waals surface area (Å²) in [7, 11) is 3.10. The van der Waals surface area contributed by atoms with Crippen LogP contribution in [0.4, 0.5) is 17.2 Å². The Morgan fingerprint density at radius 3 is 2.42 bits per heavy atom. The van der Waals surface area contributed by atoms with E-state index >= 15 is 0 Å². The zero-order valence-corrected chi connectivity index (χ0v) is 14.8. The van der Waals surface area contributed by atoms with E-state index in [1.165, 1.54) is 0 Å². The summed E-state index contributed by atoms with van der Waals surface area (Å²) in [6.07, 6.45) is 1.59. The number of halogens is 1. The van der Waals surface area contributed by atoms with Gasteiger partial charge in [0.05, 0.1) is 36.8 Å². The van der Waals surface area contributed by atoms with Gasteiger partial charge in [-0.05, 0) is 12.1 Å². The monoisotopic (exact) mass is 349 g/mol. The fourth-order valence-electron chi connectivity index (χ4n) is 1.92. The fraction of sp³-hybridized carbons (Fsp3) is 0.294. The van der Waals surface area contributed by atoms with Crippen LogP contribution in [0.1, 0.15) is 13.8 Å². The second-order valence-corrected chi connectivity index (χ2v) is 5.80. The van der Waals surface area contributed by atoms with Crippen LogP contribution in [0.25, 0.3) is 0 Å². The Morgan fingerprint density at radius 2 is 1.88 bits per heavy atom. The lowest BCUT2D eigenvalue weighted by atomic mass is 10.2. The van der Waals surface area contributed by atoms with E-state index in [0.717, 1.165) is 0 Å². The standard InChI is InChI=1S/C17H20ClN3O3/c1-10(2)17(22)20-11-5-6-16(19-9-11)21-13-8-14(23-3)12(18)7-15(13)24-4/h5-10H,1-4H3,(H,19,21)(H,20,22). The van der Waals surface area contributed by atoms with Crippen LogP contribution < -0.4 is 20.1 Å². The lowest BCUT2D eigenvalue weighted by molar-refractivity contribution is -0.118. The molecule has 0 spiro atoms. The number of benzene rings is 1. The predicted molar refractivity (Wildman–Crippen MR) is 95.5 cm³/mol. The van der Waals surface area contributed by atoms with E-state index < -0.39 is 0 Å². The Bertz CT molecular complexity index is 718. The highest BCUT2D eigenvalue weighted by atomic mass is 35.5. The maximum Gasteiger partial charge on any atom is 0.226 e. The molecule has 0 fully saturated rings. The molecule has 128 valence electrons. The predicted octanol–water partition coefficient (Wildman–Crippen LogP) is 4.09. The van der Waals surface area contributed by atoms with E-state index in [2.05, 4.69) is 15.6 Å². The van der Waals surface area contributed by atoms with E-state index in [0.29, 0.717) is 33.7 Å². The molecule has 1 aromatic heterocycles. The minimum atomic E-state index is -0.0893. The molecule has 0 saturated carbocycles. The number of aromatic nitrogens is 1. The van der Waals surface area contributed by atoms with Crippen molar-refractivity contribution >= 4 is 34.7 Å². The van der Waals surface area contributed by atoms with Gasteiger partial charge < -0.3 is 20.1 Å². The van der Waals surface area contributed by atoms with Crippen molar-refractivity contribution in [1.82, 2.24) is 4.98 Å². The fourth-order valence-corrected chi connectivity index (χ4v) is 2.16. The molecule has 1 amide bonds. The third-order valence-electron chi connectivity index (χ3n) is 3.29. The zero-order valence-electron chi connectivity index (χ0n) is 14.0. The Hall–Kier alpha value is -2.47. The van der Waals surface area contributed by atoms with E-state index in [9.17, 15) is 4.79 Å². The van der Waals surface area contributed by atoms with Gasteiger partial charge in [-0.25, -0.2) is 4.98 Å². The van der Waals surface area contributed by atoms with Crippen LogP contribution in [-0.4, -0.2) is 25.1 Å². The molecule has 0 radical (unpaired) electrons. The van der Waals surface area contributed by atoms with Crippen LogP contribution in [0.2, 0.25) is 5.02 Å².